The van der Waals surface area contributed by atoms with Gasteiger partial charge in [0.2, 0.25) is 5.95 Å². The molecule has 2 rings (SSSR count). The SMILES string of the molecule is CCCCCCn1c(N)nc2cc(Br)c(F)cc21. The molecule has 0 aliphatic rings. The van der Waals surface area contributed by atoms with Crippen molar-refractivity contribution in [1.82, 2.24) is 9.55 Å². The number of nitrogens with zero attached hydrogens (tertiary/aromatic N) is 2. The van der Waals surface area contributed by atoms with E-state index in [-0.39, 0.29) is 5.82 Å². The zero-order valence-electron chi connectivity index (χ0n) is 10.4. The molecule has 5 heteroatoms. The Balaban J connectivity index is 2.26. The molecule has 0 radical (unpaired) electrons. The van der Waals surface area contributed by atoms with Gasteiger partial charge in [0.15, 0.2) is 0 Å². The van der Waals surface area contributed by atoms with E-state index in [0.29, 0.717) is 10.4 Å². The summed E-state index contributed by atoms with van der Waals surface area (Å²) in [5.74, 6) is 0.177. The number of halogens is 2. The number of anilines is 1. The highest BCUT2D eigenvalue weighted by molar-refractivity contribution is 9.10. The lowest BCUT2D eigenvalue weighted by molar-refractivity contribution is 0.592. The molecular formula is C13H17BrFN3. The average molecular weight is 314 g/mol. The molecule has 1 aromatic heterocycles. The Morgan fingerprint density at radius 2 is 2.11 bits per heavy atom. The van der Waals surface area contributed by atoms with Gasteiger partial charge in [0, 0.05) is 12.6 Å². The molecule has 0 saturated heterocycles. The third-order valence-electron chi connectivity index (χ3n) is 3.06. The number of hydrogen-bond acceptors (Lipinski definition) is 2. The molecule has 0 unspecified atom stereocenters. The van der Waals surface area contributed by atoms with Crippen LogP contribution in [0.5, 0.6) is 0 Å². The van der Waals surface area contributed by atoms with Gasteiger partial charge in [-0.25, -0.2) is 9.37 Å². The summed E-state index contributed by atoms with van der Waals surface area (Å²) in [6.07, 6.45) is 4.62. The van der Waals surface area contributed by atoms with Crippen molar-refractivity contribution < 1.29 is 4.39 Å². The number of imidazole rings is 1. The smallest absolute Gasteiger partial charge is 0.201 e. The van der Waals surface area contributed by atoms with Crippen LogP contribution in [0.25, 0.3) is 11.0 Å². The molecule has 0 spiro atoms. The molecule has 2 aromatic rings. The summed E-state index contributed by atoms with van der Waals surface area (Å²) in [6, 6.07) is 3.16. The number of fused-ring (bicyclic) bond motifs is 1. The zero-order valence-corrected chi connectivity index (χ0v) is 12.0. The maximum atomic E-state index is 13.6. The lowest BCUT2D eigenvalue weighted by atomic mass is 10.2. The van der Waals surface area contributed by atoms with Crippen LogP contribution in [0.1, 0.15) is 32.6 Å². The molecule has 3 nitrogen and oxygen atoms in total. The highest BCUT2D eigenvalue weighted by atomic mass is 79.9. The van der Waals surface area contributed by atoms with E-state index in [1.165, 1.54) is 18.9 Å². The van der Waals surface area contributed by atoms with E-state index in [9.17, 15) is 4.39 Å². The second-order valence-corrected chi connectivity index (χ2v) is 5.29. The van der Waals surface area contributed by atoms with E-state index in [1.807, 2.05) is 4.57 Å². The monoisotopic (exact) mass is 313 g/mol. The Morgan fingerprint density at radius 1 is 1.33 bits per heavy atom. The van der Waals surface area contributed by atoms with Crippen molar-refractivity contribution in [2.45, 2.75) is 39.2 Å². The first-order valence-electron chi connectivity index (χ1n) is 6.24. The standard InChI is InChI=1S/C13H17BrFN3/c1-2-3-4-5-6-18-12-8-10(15)9(14)7-11(12)17-13(18)16/h7-8H,2-6H2,1H3,(H2,16,17). The average Bonchev–Trinajstić information content (AvgIpc) is 2.62. The van der Waals surface area contributed by atoms with Crippen molar-refractivity contribution in [2.75, 3.05) is 5.73 Å². The number of rotatable bonds is 5. The number of unbranched alkanes of at least 4 members (excludes halogenated alkanes) is 3. The lowest BCUT2D eigenvalue weighted by Crippen LogP contribution is -2.03. The Hall–Kier alpha value is -1.10. The van der Waals surface area contributed by atoms with Gasteiger partial charge < -0.3 is 10.3 Å². The zero-order chi connectivity index (χ0) is 13.1. The van der Waals surface area contributed by atoms with Crippen LogP contribution in [0.15, 0.2) is 16.6 Å². The number of hydrogen-bond donors (Lipinski definition) is 1. The van der Waals surface area contributed by atoms with Crippen LogP contribution in [0.3, 0.4) is 0 Å². The molecule has 1 heterocycles. The minimum Gasteiger partial charge on any atom is -0.369 e. The topological polar surface area (TPSA) is 43.8 Å². The van der Waals surface area contributed by atoms with Crippen molar-refractivity contribution in [2.24, 2.45) is 0 Å². The summed E-state index contributed by atoms with van der Waals surface area (Å²) in [6.45, 7) is 2.97. The number of benzene rings is 1. The van der Waals surface area contributed by atoms with Gasteiger partial charge in [-0.1, -0.05) is 26.2 Å². The van der Waals surface area contributed by atoms with Gasteiger partial charge in [-0.15, -0.1) is 0 Å². The van der Waals surface area contributed by atoms with E-state index < -0.39 is 0 Å². The molecule has 0 amide bonds. The van der Waals surface area contributed by atoms with Gasteiger partial charge in [-0.3, -0.25) is 0 Å². The fraction of sp³-hybridized carbons (Fsp3) is 0.462. The van der Waals surface area contributed by atoms with Crippen molar-refractivity contribution >= 4 is 32.9 Å². The maximum Gasteiger partial charge on any atom is 0.201 e. The molecule has 0 aliphatic carbocycles. The van der Waals surface area contributed by atoms with Gasteiger partial charge in [0.1, 0.15) is 5.82 Å². The Labute approximate surface area is 114 Å². The third kappa shape index (κ3) is 2.66. The van der Waals surface area contributed by atoms with Crippen LogP contribution in [-0.2, 0) is 6.54 Å². The Kier molecular flexibility index (Phi) is 4.22. The molecule has 0 aliphatic heterocycles. The molecule has 0 atom stereocenters. The minimum absolute atomic E-state index is 0.280. The first-order chi connectivity index (χ1) is 8.63. The minimum atomic E-state index is -0.280. The predicted octanol–water partition coefficient (Wildman–Crippen LogP) is 4.10. The molecule has 98 valence electrons. The third-order valence-corrected chi connectivity index (χ3v) is 3.66. The van der Waals surface area contributed by atoms with E-state index >= 15 is 0 Å². The largest absolute Gasteiger partial charge is 0.369 e. The van der Waals surface area contributed by atoms with Crippen LogP contribution in [0, 0.1) is 5.82 Å². The highest BCUT2D eigenvalue weighted by Gasteiger charge is 2.11. The van der Waals surface area contributed by atoms with Crippen LogP contribution in [0.4, 0.5) is 10.3 Å². The normalized spacial score (nSPS) is 11.3. The summed E-state index contributed by atoms with van der Waals surface area (Å²) in [5.41, 5.74) is 7.38. The fourth-order valence-electron chi connectivity index (χ4n) is 2.07. The molecule has 0 fully saturated rings. The van der Waals surface area contributed by atoms with Crippen molar-refractivity contribution in [1.29, 1.82) is 0 Å². The van der Waals surface area contributed by atoms with Crippen LogP contribution >= 0.6 is 15.9 Å². The Bertz CT molecular complexity index is 551. The first-order valence-corrected chi connectivity index (χ1v) is 7.03. The summed E-state index contributed by atoms with van der Waals surface area (Å²) >= 11 is 3.16. The first kappa shape index (κ1) is 13.3. The van der Waals surface area contributed by atoms with Crippen LogP contribution < -0.4 is 5.73 Å². The van der Waals surface area contributed by atoms with E-state index in [2.05, 4.69) is 27.8 Å². The molecule has 18 heavy (non-hydrogen) atoms. The molecular weight excluding hydrogens is 297 g/mol. The van der Waals surface area contributed by atoms with Crippen LogP contribution in [0.2, 0.25) is 0 Å². The van der Waals surface area contributed by atoms with Crippen molar-refractivity contribution in [3.05, 3.63) is 22.4 Å². The molecule has 2 N–H and O–H groups in total. The summed E-state index contributed by atoms with van der Waals surface area (Å²) in [5, 5.41) is 0. The predicted molar refractivity (Wildman–Crippen MR) is 75.9 cm³/mol. The lowest BCUT2D eigenvalue weighted by Gasteiger charge is -2.06. The molecule has 1 aromatic carbocycles. The van der Waals surface area contributed by atoms with Gasteiger partial charge in [0.25, 0.3) is 0 Å². The van der Waals surface area contributed by atoms with Crippen molar-refractivity contribution in [3.8, 4) is 0 Å². The van der Waals surface area contributed by atoms with E-state index in [1.54, 1.807) is 6.07 Å². The van der Waals surface area contributed by atoms with Crippen molar-refractivity contribution in [3.63, 3.8) is 0 Å². The second kappa shape index (κ2) is 5.69. The highest BCUT2D eigenvalue weighted by Crippen LogP contribution is 2.25. The van der Waals surface area contributed by atoms with Crippen LogP contribution in [-0.4, -0.2) is 9.55 Å². The molecule has 0 saturated carbocycles. The maximum absolute atomic E-state index is 13.6. The van der Waals surface area contributed by atoms with E-state index in [0.717, 1.165) is 30.4 Å². The Morgan fingerprint density at radius 3 is 2.83 bits per heavy atom. The summed E-state index contributed by atoms with van der Waals surface area (Å²) in [7, 11) is 0. The summed E-state index contributed by atoms with van der Waals surface area (Å²) < 4.78 is 15.9. The van der Waals surface area contributed by atoms with Gasteiger partial charge in [-0.2, -0.15) is 0 Å². The number of nitrogens with two attached hydrogens (primary N) is 1. The second-order valence-electron chi connectivity index (χ2n) is 4.44. The number of aryl methyl sites for hydroxylation is 1. The number of aromatic nitrogens is 2. The molecule has 0 bridgehead atoms. The van der Waals surface area contributed by atoms with E-state index in [4.69, 9.17) is 5.73 Å². The fourth-order valence-corrected chi connectivity index (χ4v) is 2.40. The number of nitrogen functional groups attached to an aromatic ring is 1. The summed E-state index contributed by atoms with van der Waals surface area (Å²) in [4.78, 5) is 4.26. The van der Waals surface area contributed by atoms with Gasteiger partial charge >= 0.3 is 0 Å². The van der Waals surface area contributed by atoms with Gasteiger partial charge in [0.05, 0.1) is 15.5 Å². The van der Waals surface area contributed by atoms with Gasteiger partial charge in [-0.05, 0) is 28.4 Å². The quantitative estimate of drug-likeness (QED) is 0.844.